The molecular weight excluding hydrogens is 376 g/mol. The number of aromatic nitrogens is 1. The maximum absolute atomic E-state index is 12.7. The Morgan fingerprint density at radius 1 is 1.25 bits per heavy atom. The highest BCUT2D eigenvalue weighted by atomic mass is 32.1. The highest BCUT2D eigenvalue weighted by molar-refractivity contribution is 7.13. The van der Waals surface area contributed by atoms with Crippen molar-refractivity contribution in [2.45, 2.75) is 44.4 Å². The predicted octanol–water partition coefficient (Wildman–Crippen LogP) is 3.51. The van der Waals surface area contributed by atoms with E-state index in [2.05, 4.69) is 9.88 Å². The first-order valence-corrected chi connectivity index (χ1v) is 10.7. The van der Waals surface area contributed by atoms with Gasteiger partial charge in [0.05, 0.1) is 12.8 Å². The maximum Gasteiger partial charge on any atom is 0.323 e. The molecule has 0 amide bonds. The highest BCUT2D eigenvalue weighted by Gasteiger charge is 2.37. The van der Waals surface area contributed by atoms with Crippen LogP contribution in [-0.4, -0.2) is 54.8 Å². The number of hydrogen-bond acceptors (Lipinski definition) is 7. The summed E-state index contributed by atoms with van der Waals surface area (Å²) in [6.07, 6.45) is 3.93. The van der Waals surface area contributed by atoms with E-state index in [1.807, 2.05) is 29.6 Å². The van der Waals surface area contributed by atoms with Crippen LogP contribution in [0.2, 0.25) is 0 Å². The molecule has 2 aliphatic rings. The minimum absolute atomic E-state index is 0.122. The van der Waals surface area contributed by atoms with Gasteiger partial charge in [-0.05, 0) is 56.5 Å². The fraction of sp³-hybridized carbons (Fsp3) is 0.524. The number of methoxy groups -OCH3 is 1. The molecule has 2 fully saturated rings. The lowest BCUT2D eigenvalue weighted by Gasteiger charge is -2.34. The summed E-state index contributed by atoms with van der Waals surface area (Å²) in [5.41, 5.74) is 1.82. The van der Waals surface area contributed by atoms with Crippen molar-refractivity contribution in [3.8, 4) is 16.3 Å². The summed E-state index contributed by atoms with van der Waals surface area (Å²) in [5, 5.41) is 2.87. The summed E-state index contributed by atoms with van der Waals surface area (Å²) < 4.78 is 16.3. The van der Waals surface area contributed by atoms with Crippen molar-refractivity contribution in [2.24, 2.45) is 0 Å². The van der Waals surface area contributed by atoms with E-state index in [1.165, 1.54) is 0 Å². The Bertz CT molecular complexity index is 786. The molecule has 2 saturated heterocycles. The van der Waals surface area contributed by atoms with E-state index in [4.69, 9.17) is 14.2 Å². The molecule has 28 heavy (non-hydrogen) atoms. The SMILES string of the molecule is COc1ccc(-c2nc(COC(=O)[C@@H]3CCCN3C3CCOCC3)cs2)cc1. The molecule has 0 bridgehead atoms. The summed E-state index contributed by atoms with van der Waals surface area (Å²) in [5.74, 6) is 0.697. The molecule has 0 spiro atoms. The Kier molecular flexibility index (Phi) is 6.24. The van der Waals surface area contributed by atoms with E-state index < -0.39 is 0 Å². The van der Waals surface area contributed by atoms with E-state index >= 15 is 0 Å². The van der Waals surface area contributed by atoms with E-state index in [1.54, 1.807) is 18.4 Å². The molecule has 0 N–H and O–H groups in total. The summed E-state index contributed by atoms with van der Waals surface area (Å²) >= 11 is 1.56. The number of thiazole rings is 1. The predicted molar refractivity (Wildman–Crippen MR) is 107 cm³/mol. The fourth-order valence-corrected chi connectivity index (χ4v) is 4.79. The average molecular weight is 403 g/mol. The van der Waals surface area contributed by atoms with Crippen LogP contribution >= 0.6 is 11.3 Å². The standard InChI is InChI=1S/C21H26N2O4S/c1-25-18-6-4-15(5-7-18)20-22-16(14-28-20)13-27-21(24)19-3-2-10-23(19)17-8-11-26-12-9-17/h4-7,14,17,19H,2-3,8-13H2,1H3/t19-/m0/s1. The summed E-state index contributed by atoms with van der Waals surface area (Å²) in [7, 11) is 1.65. The van der Waals surface area contributed by atoms with Crippen LogP contribution in [0.1, 0.15) is 31.4 Å². The van der Waals surface area contributed by atoms with Crippen molar-refractivity contribution in [1.29, 1.82) is 0 Å². The monoisotopic (exact) mass is 402 g/mol. The third kappa shape index (κ3) is 4.37. The molecule has 0 radical (unpaired) electrons. The molecule has 1 aromatic carbocycles. The second kappa shape index (κ2) is 9.03. The zero-order chi connectivity index (χ0) is 19.3. The molecule has 4 rings (SSSR count). The molecule has 0 saturated carbocycles. The lowest BCUT2D eigenvalue weighted by Crippen LogP contribution is -2.46. The van der Waals surface area contributed by atoms with Crippen LogP contribution in [0.4, 0.5) is 0 Å². The number of likely N-dealkylation sites (tertiary alicyclic amines) is 1. The smallest absolute Gasteiger partial charge is 0.323 e. The van der Waals surface area contributed by atoms with Gasteiger partial charge in [-0.1, -0.05) is 0 Å². The third-order valence-corrected chi connectivity index (χ3v) is 6.42. The van der Waals surface area contributed by atoms with Crippen LogP contribution in [-0.2, 0) is 20.9 Å². The Hall–Kier alpha value is -1.96. The number of nitrogens with zero attached hydrogens (tertiary/aromatic N) is 2. The van der Waals surface area contributed by atoms with Gasteiger partial charge in [0.2, 0.25) is 0 Å². The van der Waals surface area contributed by atoms with Gasteiger partial charge in [-0.2, -0.15) is 0 Å². The Morgan fingerprint density at radius 2 is 2.04 bits per heavy atom. The molecule has 0 unspecified atom stereocenters. The minimum Gasteiger partial charge on any atom is -0.497 e. The minimum atomic E-state index is -0.122. The van der Waals surface area contributed by atoms with Gasteiger partial charge in [0, 0.05) is 30.2 Å². The summed E-state index contributed by atoms with van der Waals surface area (Å²) in [6, 6.07) is 8.12. The zero-order valence-electron chi connectivity index (χ0n) is 16.1. The van der Waals surface area contributed by atoms with Gasteiger partial charge < -0.3 is 14.2 Å². The first-order valence-electron chi connectivity index (χ1n) is 9.83. The fourth-order valence-electron chi connectivity index (χ4n) is 3.98. The molecule has 2 aliphatic heterocycles. The van der Waals surface area contributed by atoms with Crippen LogP contribution in [0.3, 0.4) is 0 Å². The first kappa shape index (κ1) is 19.4. The van der Waals surface area contributed by atoms with Crippen molar-refractivity contribution in [2.75, 3.05) is 26.9 Å². The highest BCUT2D eigenvalue weighted by Crippen LogP contribution is 2.28. The second-order valence-electron chi connectivity index (χ2n) is 7.22. The second-order valence-corrected chi connectivity index (χ2v) is 8.08. The number of carbonyl (C=O) groups excluding carboxylic acids is 1. The number of carbonyl (C=O) groups is 1. The van der Waals surface area contributed by atoms with Gasteiger partial charge in [-0.15, -0.1) is 11.3 Å². The number of hydrogen-bond donors (Lipinski definition) is 0. The molecule has 0 aliphatic carbocycles. The van der Waals surface area contributed by atoms with Gasteiger partial charge in [0.15, 0.2) is 0 Å². The molecule has 1 aromatic heterocycles. The van der Waals surface area contributed by atoms with Crippen molar-refractivity contribution in [3.05, 3.63) is 35.3 Å². The van der Waals surface area contributed by atoms with Crippen molar-refractivity contribution in [3.63, 3.8) is 0 Å². The lowest BCUT2D eigenvalue weighted by atomic mass is 10.1. The van der Waals surface area contributed by atoms with Gasteiger partial charge in [0.25, 0.3) is 0 Å². The topological polar surface area (TPSA) is 60.9 Å². The van der Waals surface area contributed by atoms with Gasteiger partial charge in [-0.3, -0.25) is 9.69 Å². The molecule has 6 nitrogen and oxygen atoms in total. The Morgan fingerprint density at radius 3 is 2.79 bits per heavy atom. The van der Waals surface area contributed by atoms with E-state index in [0.717, 1.165) is 67.5 Å². The number of rotatable bonds is 6. The molecule has 2 aromatic rings. The number of ether oxygens (including phenoxy) is 3. The van der Waals surface area contributed by atoms with E-state index in [9.17, 15) is 4.79 Å². The van der Waals surface area contributed by atoms with Crippen LogP contribution in [0, 0.1) is 0 Å². The first-order chi connectivity index (χ1) is 13.7. The van der Waals surface area contributed by atoms with Gasteiger partial charge in [0.1, 0.15) is 23.4 Å². The Balaban J connectivity index is 1.33. The molecular formula is C21H26N2O4S. The maximum atomic E-state index is 12.7. The normalized spacial score (nSPS) is 21.0. The quantitative estimate of drug-likeness (QED) is 0.689. The number of benzene rings is 1. The van der Waals surface area contributed by atoms with Crippen LogP contribution in [0.25, 0.3) is 10.6 Å². The van der Waals surface area contributed by atoms with Crippen molar-refractivity contribution >= 4 is 17.3 Å². The number of esters is 1. The van der Waals surface area contributed by atoms with Crippen LogP contribution in [0.15, 0.2) is 29.6 Å². The average Bonchev–Trinajstić information content (AvgIpc) is 3.43. The van der Waals surface area contributed by atoms with Crippen LogP contribution in [0.5, 0.6) is 5.75 Å². The Labute approximate surface area is 169 Å². The third-order valence-electron chi connectivity index (χ3n) is 5.48. The van der Waals surface area contributed by atoms with Gasteiger partial charge in [-0.25, -0.2) is 4.98 Å². The molecule has 7 heteroatoms. The molecule has 150 valence electrons. The van der Waals surface area contributed by atoms with E-state index in [-0.39, 0.29) is 18.6 Å². The van der Waals surface area contributed by atoms with Crippen LogP contribution < -0.4 is 4.74 Å². The van der Waals surface area contributed by atoms with Gasteiger partial charge >= 0.3 is 5.97 Å². The zero-order valence-corrected chi connectivity index (χ0v) is 17.0. The lowest BCUT2D eigenvalue weighted by molar-refractivity contribution is -0.151. The van der Waals surface area contributed by atoms with E-state index in [0.29, 0.717) is 6.04 Å². The van der Waals surface area contributed by atoms with Crippen molar-refractivity contribution < 1.29 is 19.0 Å². The van der Waals surface area contributed by atoms with Crippen molar-refractivity contribution in [1.82, 2.24) is 9.88 Å². The molecule has 3 heterocycles. The summed E-state index contributed by atoms with van der Waals surface area (Å²) in [6.45, 7) is 2.78. The largest absolute Gasteiger partial charge is 0.497 e. The summed E-state index contributed by atoms with van der Waals surface area (Å²) in [4.78, 5) is 19.6. The molecule has 1 atom stereocenters.